The number of hydrogen-bond donors (Lipinski definition) is 2. The molecule has 182 valence electrons. The van der Waals surface area contributed by atoms with Crippen molar-refractivity contribution >= 4 is 29.0 Å². The van der Waals surface area contributed by atoms with Crippen molar-refractivity contribution in [1.29, 1.82) is 0 Å². The molecule has 9 heteroatoms. The van der Waals surface area contributed by atoms with E-state index in [9.17, 15) is 4.79 Å². The largest absolute Gasteiger partial charge is 0.355 e. The van der Waals surface area contributed by atoms with Crippen molar-refractivity contribution in [2.24, 2.45) is 11.7 Å². The fraction of sp³-hybridized carbons (Fsp3) is 0.708. The molecule has 2 aromatic heterocycles. The highest BCUT2D eigenvalue weighted by atomic mass is 35.5. The number of aryl methyl sites for hydroxylation is 1. The van der Waals surface area contributed by atoms with Crippen LogP contribution in [0.25, 0.3) is 5.65 Å². The molecular weight excluding hydrogens is 438 g/mol. The van der Waals surface area contributed by atoms with Crippen LogP contribution in [-0.4, -0.2) is 69.5 Å². The molecule has 0 spiro atoms. The van der Waals surface area contributed by atoms with Gasteiger partial charge in [-0.15, -0.1) is 11.6 Å². The van der Waals surface area contributed by atoms with Gasteiger partial charge in [0.15, 0.2) is 5.65 Å². The minimum Gasteiger partial charge on any atom is -0.355 e. The first kappa shape index (κ1) is 24.2. The Morgan fingerprint density at radius 2 is 2.15 bits per heavy atom. The van der Waals surface area contributed by atoms with Crippen LogP contribution in [0.15, 0.2) is 12.3 Å². The molecule has 0 radical (unpaired) electrons. The number of carbonyl (C=O) groups is 1. The lowest BCUT2D eigenvalue weighted by molar-refractivity contribution is -0.139. The predicted octanol–water partition coefficient (Wildman–Crippen LogP) is 2.87. The van der Waals surface area contributed by atoms with Crippen LogP contribution < -0.4 is 16.0 Å². The average Bonchev–Trinajstić information content (AvgIpc) is 3.43. The van der Waals surface area contributed by atoms with Crippen LogP contribution in [0.4, 0.5) is 5.82 Å². The number of fused-ring (bicyclic) bond motifs is 1. The Kier molecular flexibility index (Phi) is 7.76. The molecule has 4 atom stereocenters. The van der Waals surface area contributed by atoms with Crippen LogP contribution in [0.5, 0.6) is 0 Å². The van der Waals surface area contributed by atoms with Gasteiger partial charge in [0.2, 0.25) is 5.91 Å². The molecule has 2 aliphatic heterocycles. The Hall–Kier alpha value is -1.90. The van der Waals surface area contributed by atoms with Crippen LogP contribution in [0.3, 0.4) is 0 Å². The van der Waals surface area contributed by atoms with Crippen molar-refractivity contribution in [2.45, 2.75) is 70.3 Å². The van der Waals surface area contributed by atoms with Gasteiger partial charge in [-0.3, -0.25) is 4.79 Å². The lowest BCUT2D eigenvalue weighted by atomic mass is 9.96. The van der Waals surface area contributed by atoms with E-state index in [0.717, 1.165) is 81.0 Å². The van der Waals surface area contributed by atoms with Gasteiger partial charge >= 0.3 is 0 Å². The first-order chi connectivity index (χ1) is 15.9. The number of aromatic nitrogens is 3. The van der Waals surface area contributed by atoms with Gasteiger partial charge in [-0.2, -0.15) is 5.10 Å². The predicted molar refractivity (Wildman–Crippen MR) is 133 cm³/mol. The Bertz CT molecular complexity index is 964. The zero-order valence-corrected chi connectivity index (χ0v) is 20.9. The van der Waals surface area contributed by atoms with E-state index in [-0.39, 0.29) is 29.3 Å². The summed E-state index contributed by atoms with van der Waals surface area (Å²) in [6, 6.07) is 2.21. The number of rotatable bonds is 8. The number of alkyl halides is 1. The lowest BCUT2D eigenvalue weighted by Crippen LogP contribution is -2.45. The standard InChI is InChI=1S/C24H38ClN7O/c1-4-9-27-13-19(25)17(3)24(33)31-10-6-5-7-21(31)20-12-22-28-23(16(2)14-32(22)29-20)30-11-8-18(26)15-30/h12,14,17-19,21,27H,4-11,13,15,26H2,1-3H3/t17?,18-,19?,21-/m0/s1. The highest BCUT2D eigenvalue weighted by Gasteiger charge is 2.34. The summed E-state index contributed by atoms with van der Waals surface area (Å²) in [5.41, 5.74) is 8.92. The van der Waals surface area contributed by atoms with Crippen molar-refractivity contribution in [1.82, 2.24) is 24.8 Å². The maximum Gasteiger partial charge on any atom is 0.227 e. The fourth-order valence-electron chi connectivity index (χ4n) is 4.99. The van der Waals surface area contributed by atoms with Gasteiger partial charge < -0.3 is 20.9 Å². The lowest BCUT2D eigenvalue weighted by Gasteiger charge is -2.37. The SMILES string of the molecule is CCCNCC(Cl)C(C)C(=O)N1CCCC[C@H]1c1cc2nc(N3CC[C@H](N)C3)c(C)cn2n1. The van der Waals surface area contributed by atoms with E-state index in [1.807, 2.05) is 28.6 Å². The number of amides is 1. The molecule has 2 aliphatic rings. The van der Waals surface area contributed by atoms with Crippen LogP contribution in [0, 0.1) is 12.8 Å². The van der Waals surface area contributed by atoms with Crippen LogP contribution in [0.2, 0.25) is 0 Å². The second-order valence-corrected chi connectivity index (χ2v) is 10.2. The normalized spacial score (nSPS) is 23.3. The molecule has 4 heterocycles. The Morgan fingerprint density at radius 3 is 2.88 bits per heavy atom. The third-order valence-electron chi connectivity index (χ3n) is 6.97. The van der Waals surface area contributed by atoms with Gasteiger partial charge in [0.25, 0.3) is 0 Å². The number of anilines is 1. The minimum absolute atomic E-state index is 0.0353. The third-order valence-corrected chi connectivity index (χ3v) is 7.51. The topological polar surface area (TPSA) is 91.8 Å². The van der Waals surface area contributed by atoms with Crippen LogP contribution in [0.1, 0.15) is 63.3 Å². The number of nitrogens with zero attached hydrogens (tertiary/aromatic N) is 5. The van der Waals surface area contributed by atoms with Crippen LogP contribution >= 0.6 is 11.6 Å². The molecule has 3 N–H and O–H groups in total. The number of nitrogens with two attached hydrogens (primary N) is 1. The van der Waals surface area contributed by atoms with E-state index in [2.05, 4.69) is 24.1 Å². The average molecular weight is 476 g/mol. The van der Waals surface area contributed by atoms with Crippen molar-refractivity contribution in [3.05, 3.63) is 23.5 Å². The Morgan fingerprint density at radius 1 is 1.33 bits per heavy atom. The van der Waals surface area contributed by atoms with Crippen LogP contribution in [-0.2, 0) is 4.79 Å². The van der Waals surface area contributed by atoms with E-state index in [0.29, 0.717) is 6.54 Å². The molecular formula is C24H38ClN7O. The summed E-state index contributed by atoms with van der Waals surface area (Å²) in [6.45, 7) is 10.2. The van der Waals surface area contributed by atoms with E-state index >= 15 is 0 Å². The van der Waals surface area contributed by atoms with Gasteiger partial charge in [-0.1, -0.05) is 13.8 Å². The Balaban J connectivity index is 1.54. The zero-order valence-electron chi connectivity index (χ0n) is 20.1. The third kappa shape index (κ3) is 5.28. The van der Waals surface area contributed by atoms with E-state index < -0.39 is 0 Å². The maximum atomic E-state index is 13.4. The molecule has 4 rings (SSSR count). The van der Waals surface area contributed by atoms with Gasteiger partial charge in [0.1, 0.15) is 5.82 Å². The van der Waals surface area contributed by atoms with Gasteiger partial charge in [-0.25, -0.2) is 9.50 Å². The van der Waals surface area contributed by atoms with E-state index in [1.54, 1.807) is 0 Å². The number of hydrogen-bond acceptors (Lipinski definition) is 6. The second kappa shape index (κ2) is 10.6. The molecule has 2 saturated heterocycles. The maximum absolute atomic E-state index is 13.4. The quantitative estimate of drug-likeness (QED) is 0.450. The molecule has 2 aromatic rings. The second-order valence-electron chi connectivity index (χ2n) is 9.67. The Labute approximate surface area is 201 Å². The van der Waals surface area contributed by atoms with E-state index in [4.69, 9.17) is 27.4 Å². The number of likely N-dealkylation sites (tertiary alicyclic amines) is 1. The van der Waals surface area contributed by atoms with Gasteiger partial charge in [0, 0.05) is 50.0 Å². The fourth-order valence-corrected chi connectivity index (χ4v) is 5.21. The molecule has 2 fully saturated rings. The van der Waals surface area contributed by atoms with Gasteiger partial charge in [-0.05, 0) is 45.6 Å². The highest BCUT2D eigenvalue weighted by molar-refractivity contribution is 6.22. The van der Waals surface area contributed by atoms with Gasteiger partial charge in [0.05, 0.1) is 23.0 Å². The monoisotopic (exact) mass is 475 g/mol. The molecule has 0 aliphatic carbocycles. The number of nitrogens with one attached hydrogen (secondary N) is 1. The summed E-state index contributed by atoms with van der Waals surface area (Å²) in [7, 11) is 0. The smallest absolute Gasteiger partial charge is 0.227 e. The molecule has 33 heavy (non-hydrogen) atoms. The summed E-state index contributed by atoms with van der Waals surface area (Å²) in [5.74, 6) is 0.850. The molecule has 0 aromatic carbocycles. The van der Waals surface area contributed by atoms with Crippen molar-refractivity contribution in [2.75, 3.05) is 37.6 Å². The number of carbonyl (C=O) groups excluding carboxylic acids is 1. The number of halogens is 1. The highest BCUT2D eigenvalue weighted by Crippen LogP contribution is 2.33. The molecule has 0 bridgehead atoms. The summed E-state index contributed by atoms with van der Waals surface area (Å²) in [4.78, 5) is 22.6. The summed E-state index contributed by atoms with van der Waals surface area (Å²) < 4.78 is 1.85. The van der Waals surface area contributed by atoms with Crippen molar-refractivity contribution < 1.29 is 4.79 Å². The van der Waals surface area contributed by atoms with Crippen molar-refractivity contribution in [3.63, 3.8) is 0 Å². The summed E-state index contributed by atoms with van der Waals surface area (Å²) in [5, 5.41) is 7.95. The number of piperidine rings is 1. The summed E-state index contributed by atoms with van der Waals surface area (Å²) >= 11 is 6.59. The first-order valence-electron chi connectivity index (χ1n) is 12.4. The first-order valence-corrected chi connectivity index (χ1v) is 12.9. The molecule has 1 amide bonds. The minimum atomic E-state index is -0.250. The molecule has 0 saturated carbocycles. The molecule has 2 unspecified atom stereocenters. The summed E-state index contributed by atoms with van der Waals surface area (Å²) in [6.07, 6.45) is 7.09. The molecule has 8 nitrogen and oxygen atoms in total. The van der Waals surface area contributed by atoms with Crippen molar-refractivity contribution in [3.8, 4) is 0 Å². The zero-order chi connectivity index (χ0) is 23.5. The van der Waals surface area contributed by atoms with E-state index in [1.165, 1.54) is 0 Å².